The number of halogens is 1. The summed E-state index contributed by atoms with van der Waals surface area (Å²) in [5, 5.41) is 6.55. The molecule has 0 spiro atoms. The highest BCUT2D eigenvalue weighted by atomic mass is 32.1. The van der Waals surface area contributed by atoms with E-state index < -0.39 is 5.97 Å². The predicted octanol–water partition coefficient (Wildman–Crippen LogP) is 2.79. The van der Waals surface area contributed by atoms with E-state index in [-0.39, 0.29) is 5.82 Å². The number of carbonyl (C=O) groups is 1. The molecule has 0 aromatic heterocycles. The molecule has 0 atom stereocenters. The second kappa shape index (κ2) is 8.98. The van der Waals surface area contributed by atoms with Crippen molar-refractivity contribution in [1.29, 1.82) is 0 Å². The number of carbonyl (C=O) groups excluding carboxylic acids is 1. The highest BCUT2D eigenvalue weighted by molar-refractivity contribution is 7.80. The molecule has 0 amide bonds. The summed E-state index contributed by atoms with van der Waals surface area (Å²) in [7, 11) is 2.81. The van der Waals surface area contributed by atoms with Crippen LogP contribution in [-0.2, 0) is 17.8 Å². The molecule has 0 bridgehead atoms. The maximum atomic E-state index is 12.9. The van der Waals surface area contributed by atoms with Gasteiger partial charge in [0, 0.05) is 13.1 Å². The molecule has 0 radical (unpaired) electrons. The van der Waals surface area contributed by atoms with Gasteiger partial charge in [0.15, 0.2) is 5.11 Å². The Labute approximate surface area is 151 Å². The van der Waals surface area contributed by atoms with Crippen LogP contribution in [-0.4, -0.2) is 25.3 Å². The summed E-state index contributed by atoms with van der Waals surface area (Å²) in [4.78, 5) is 11.8. The van der Waals surface area contributed by atoms with Crippen molar-refractivity contribution in [2.45, 2.75) is 13.1 Å². The van der Waals surface area contributed by atoms with Crippen LogP contribution >= 0.6 is 12.2 Å². The lowest BCUT2D eigenvalue weighted by Crippen LogP contribution is -2.34. The molecule has 2 N–H and O–H groups in total. The third-order valence-electron chi connectivity index (χ3n) is 3.49. The highest BCUT2D eigenvalue weighted by Gasteiger charge is 2.13. The van der Waals surface area contributed by atoms with Crippen LogP contribution in [0.5, 0.6) is 5.75 Å². The van der Waals surface area contributed by atoms with Crippen molar-refractivity contribution in [2.24, 2.45) is 0 Å². The molecular formula is C18H19FN2O3S. The molecule has 2 aromatic rings. The fourth-order valence-electron chi connectivity index (χ4n) is 2.16. The summed E-state index contributed by atoms with van der Waals surface area (Å²) in [6.45, 7) is 0.922. The maximum Gasteiger partial charge on any atom is 0.341 e. The van der Waals surface area contributed by atoms with Crippen LogP contribution in [0.3, 0.4) is 0 Å². The Bertz CT molecular complexity index is 750. The van der Waals surface area contributed by atoms with E-state index in [4.69, 9.17) is 21.7 Å². The maximum absolute atomic E-state index is 12.9. The highest BCUT2D eigenvalue weighted by Crippen LogP contribution is 2.20. The average molecular weight is 362 g/mol. The Morgan fingerprint density at radius 2 is 1.64 bits per heavy atom. The van der Waals surface area contributed by atoms with E-state index in [1.165, 1.54) is 26.4 Å². The van der Waals surface area contributed by atoms with Crippen molar-refractivity contribution >= 4 is 23.3 Å². The lowest BCUT2D eigenvalue weighted by Gasteiger charge is -2.12. The van der Waals surface area contributed by atoms with Gasteiger partial charge in [0.05, 0.1) is 14.2 Å². The minimum Gasteiger partial charge on any atom is -0.496 e. The number of hydrogen-bond acceptors (Lipinski definition) is 4. The van der Waals surface area contributed by atoms with Gasteiger partial charge in [-0.3, -0.25) is 0 Å². The fourth-order valence-corrected chi connectivity index (χ4v) is 2.31. The molecule has 0 aliphatic carbocycles. The molecule has 0 fully saturated rings. The van der Waals surface area contributed by atoms with Crippen LogP contribution in [0.4, 0.5) is 4.39 Å². The summed E-state index contributed by atoms with van der Waals surface area (Å²) >= 11 is 5.22. The van der Waals surface area contributed by atoms with Gasteiger partial charge >= 0.3 is 5.97 Å². The fraction of sp³-hybridized carbons (Fsp3) is 0.222. The SMILES string of the molecule is COC(=O)c1cc(CNC(=S)NCc2ccc(F)cc2)ccc1OC. The van der Waals surface area contributed by atoms with Crippen LogP contribution in [0, 0.1) is 5.82 Å². The van der Waals surface area contributed by atoms with Crippen molar-refractivity contribution in [3.8, 4) is 5.75 Å². The van der Waals surface area contributed by atoms with Gasteiger partial charge in [-0.15, -0.1) is 0 Å². The van der Waals surface area contributed by atoms with Crippen molar-refractivity contribution in [2.75, 3.05) is 14.2 Å². The summed E-state index contributed by atoms with van der Waals surface area (Å²) in [5.41, 5.74) is 2.13. The van der Waals surface area contributed by atoms with E-state index in [1.54, 1.807) is 24.3 Å². The van der Waals surface area contributed by atoms with Gasteiger partial charge in [-0.1, -0.05) is 18.2 Å². The van der Waals surface area contributed by atoms with Gasteiger partial charge in [-0.2, -0.15) is 0 Å². The van der Waals surface area contributed by atoms with E-state index in [2.05, 4.69) is 10.6 Å². The van der Waals surface area contributed by atoms with Crippen molar-refractivity contribution in [3.05, 3.63) is 65.0 Å². The Hall–Kier alpha value is -2.67. The first-order valence-corrected chi connectivity index (χ1v) is 7.95. The van der Waals surface area contributed by atoms with Crippen molar-refractivity contribution in [1.82, 2.24) is 10.6 Å². The second-order valence-corrected chi connectivity index (χ2v) is 5.60. The van der Waals surface area contributed by atoms with Crippen LogP contribution < -0.4 is 15.4 Å². The molecule has 2 aromatic carbocycles. The van der Waals surface area contributed by atoms with Gasteiger partial charge in [0.25, 0.3) is 0 Å². The third-order valence-corrected chi connectivity index (χ3v) is 3.78. The second-order valence-electron chi connectivity index (χ2n) is 5.19. The zero-order chi connectivity index (χ0) is 18.2. The number of hydrogen-bond donors (Lipinski definition) is 2. The monoisotopic (exact) mass is 362 g/mol. The molecule has 2 rings (SSSR count). The number of rotatable bonds is 6. The van der Waals surface area contributed by atoms with E-state index in [0.717, 1.165) is 11.1 Å². The first kappa shape index (κ1) is 18.7. The van der Waals surface area contributed by atoms with Gasteiger partial charge in [0.2, 0.25) is 0 Å². The van der Waals surface area contributed by atoms with E-state index in [0.29, 0.717) is 29.5 Å². The van der Waals surface area contributed by atoms with Gasteiger partial charge < -0.3 is 20.1 Å². The van der Waals surface area contributed by atoms with Gasteiger partial charge in [-0.25, -0.2) is 9.18 Å². The van der Waals surface area contributed by atoms with Crippen LogP contribution in [0.15, 0.2) is 42.5 Å². The third kappa shape index (κ3) is 5.42. The smallest absolute Gasteiger partial charge is 0.341 e. The summed E-state index contributed by atoms with van der Waals surface area (Å²) in [6.07, 6.45) is 0. The minimum atomic E-state index is -0.462. The standard InChI is InChI=1S/C18H19FN2O3S/c1-23-16-8-5-13(9-15(16)17(22)24-2)11-21-18(25)20-10-12-3-6-14(19)7-4-12/h3-9H,10-11H2,1-2H3,(H2,20,21,25). The predicted molar refractivity (Wildman–Crippen MR) is 97.0 cm³/mol. The largest absolute Gasteiger partial charge is 0.496 e. The lowest BCUT2D eigenvalue weighted by molar-refractivity contribution is 0.0597. The first-order valence-electron chi connectivity index (χ1n) is 7.55. The molecule has 0 saturated carbocycles. The Kier molecular flexibility index (Phi) is 6.71. The number of ether oxygens (including phenoxy) is 2. The van der Waals surface area contributed by atoms with Crippen LogP contribution in [0.25, 0.3) is 0 Å². The van der Waals surface area contributed by atoms with Crippen molar-refractivity contribution < 1.29 is 18.7 Å². The number of methoxy groups -OCH3 is 2. The molecule has 5 nitrogen and oxygen atoms in total. The quantitative estimate of drug-likeness (QED) is 0.609. The molecule has 25 heavy (non-hydrogen) atoms. The lowest BCUT2D eigenvalue weighted by atomic mass is 10.1. The number of benzene rings is 2. The average Bonchev–Trinajstić information content (AvgIpc) is 2.65. The molecule has 0 saturated heterocycles. The summed E-state index contributed by atoms with van der Waals surface area (Å²) < 4.78 is 22.8. The Morgan fingerprint density at radius 3 is 2.24 bits per heavy atom. The van der Waals surface area contributed by atoms with Crippen LogP contribution in [0.2, 0.25) is 0 Å². The van der Waals surface area contributed by atoms with E-state index >= 15 is 0 Å². The van der Waals surface area contributed by atoms with Crippen molar-refractivity contribution in [3.63, 3.8) is 0 Å². The van der Waals surface area contributed by atoms with E-state index in [1.807, 2.05) is 6.07 Å². The molecule has 0 aliphatic heterocycles. The molecule has 0 unspecified atom stereocenters. The molecule has 0 heterocycles. The summed E-state index contributed by atoms with van der Waals surface area (Å²) in [6, 6.07) is 11.4. The molecular weight excluding hydrogens is 343 g/mol. The van der Waals surface area contributed by atoms with E-state index in [9.17, 15) is 9.18 Å². The van der Waals surface area contributed by atoms with Gasteiger partial charge in [0.1, 0.15) is 17.1 Å². The normalized spacial score (nSPS) is 10.0. The number of thiocarbonyl (C=S) groups is 1. The number of esters is 1. The molecule has 7 heteroatoms. The Morgan fingerprint density at radius 1 is 1.04 bits per heavy atom. The first-order chi connectivity index (χ1) is 12.0. The molecule has 132 valence electrons. The van der Waals surface area contributed by atoms with Crippen LogP contribution in [0.1, 0.15) is 21.5 Å². The number of nitrogens with one attached hydrogen (secondary N) is 2. The topological polar surface area (TPSA) is 59.6 Å². The Balaban J connectivity index is 1.90. The molecule has 0 aliphatic rings. The minimum absolute atomic E-state index is 0.273. The summed E-state index contributed by atoms with van der Waals surface area (Å²) in [5.74, 6) is -0.284. The van der Waals surface area contributed by atoms with Gasteiger partial charge in [-0.05, 0) is 47.6 Å². The zero-order valence-corrected chi connectivity index (χ0v) is 14.8. The zero-order valence-electron chi connectivity index (χ0n) is 14.0.